The smallest absolute Gasteiger partial charge is 0.341 e. The van der Waals surface area contributed by atoms with E-state index in [2.05, 4.69) is 36.8 Å². The first-order valence-corrected chi connectivity index (χ1v) is 22.0. The van der Waals surface area contributed by atoms with Gasteiger partial charge in [0.15, 0.2) is 0 Å². The number of hydrogen-bond donors (Lipinski definition) is 0. The number of esters is 4. The summed E-state index contributed by atoms with van der Waals surface area (Å²) in [6.45, 7) is 7.85. The van der Waals surface area contributed by atoms with Gasteiger partial charge in [-0.15, -0.1) is 23.5 Å². The molecule has 0 fully saturated rings. The lowest BCUT2D eigenvalue weighted by Gasteiger charge is -2.12. The number of hydrogen-bond acceptors (Lipinski definition) is 12. The van der Waals surface area contributed by atoms with Gasteiger partial charge in [-0.05, 0) is 109 Å². The topological polar surface area (TPSA) is 124 Å². The van der Waals surface area contributed by atoms with Gasteiger partial charge in [0.2, 0.25) is 0 Å². The minimum atomic E-state index is -0.543. The number of thioether (sulfide) groups is 2. The molecule has 0 N–H and O–H groups in total. The number of carbonyl (C=O) groups excluding carboxylic acids is 4. The van der Waals surface area contributed by atoms with Gasteiger partial charge in [0.25, 0.3) is 0 Å². The van der Waals surface area contributed by atoms with Gasteiger partial charge in [-0.1, -0.05) is 61.1 Å². The van der Waals surface area contributed by atoms with Crippen molar-refractivity contribution >= 4 is 47.4 Å². The molecular formula is C52H46O10S2. The molecule has 0 unspecified atom stereocenters. The Morgan fingerprint density at radius 3 is 1.23 bits per heavy atom. The minimum Gasteiger partial charge on any atom is -0.488 e. The highest BCUT2D eigenvalue weighted by Crippen LogP contribution is 2.25. The van der Waals surface area contributed by atoms with E-state index in [9.17, 15) is 19.2 Å². The normalized spacial score (nSPS) is 10.2. The molecule has 0 aliphatic heterocycles. The Morgan fingerprint density at radius 1 is 0.516 bits per heavy atom. The summed E-state index contributed by atoms with van der Waals surface area (Å²) in [6, 6.07) is 33.5. The summed E-state index contributed by atoms with van der Waals surface area (Å²) < 4.78 is 32.2. The van der Waals surface area contributed by atoms with Gasteiger partial charge in [0, 0.05) is 55.7 Å². The van der Waals surface area contributed by atoms with Crippen molar-refractivity contribution in [2.24, 2.45) is 0 Å². The van der Waals surface area contributed by atoms with Gasteiger partial charge in [0.05, 0.1) is 27.4 Å². The van der Waals surface area contributed by atoms with Crippen LogP contribution in [-0.4, -0.2) is 62.8 Å². The Labute approximate surface area is 382 Å². The second kappa shape index (κ2) is 25.7. The Bertz CT molecular complexity index is 2360. The second-order valence-electron chi connectivity index (χ2n) is 13.5. The molecule has 0 saturated carbocycles. The zero-order chi connectivity index (χ0) is 45.5. The van der Waals surface area contributed by atoms with E-state index in [-0.39, 0.29) is 24.3 Å². The summed E-state index contributed by atoms with van der Waals surface area (Å²) in [5, 5.41) is 0. The van der Waals surface area contributed by atoms with Gasteiger partial charge < -0.3 is 28.4 Å². The van der Waals surface area contributed by atoms with E-state index in [1.165, 1.54) is 14.2 Å². The van der Waals surface area contributed by atoms with Crippen LogP contribution in [0.2, 0.25) is 0 Å². The average molecular weight is 895 g/mol. The number of rotatable bonds is 20. The van der Waals surface area contributed by atoms with Crippen LogP contribution in [0.25, 0.3) is 0 Å². The standard InChI is InChI=1S/C52H46O10S2/c1-5-49(53)59-29-7-31-63-43-23-17-37(18-24-43)9-11-39-21-27-47(45(33-39)51(55)57-3)61-35-41-13-15-42(16-14-41)36-62-48-28-22-40(34-46(48)52(56)58-4)12-10-38-19-25-44(26-20-38)64-32-8-30-60-50(54)6-2/h5-6,13-28,33-34H,1-2,7-8,29-32,35-36H2,3-4H3. The molecule has 64 heavy (non-hydrogen) atoms. The highest BCUT2D eigenvalue weighted by atomic mass is 32.2. The molecule has 0 atom stereocenters. The fraction of sp³-hybridized carbons (Fsp3) is 0.192. The summed E-state index contributed by atoms with van der Waals surface area (Å²) in [4.78, 5) is 50.0. The lowest BCUT2D eigenvalue weighted by molar-refractivity contribution is -0.138. The molecule has 0 aromatic heterocycles. The molecule has 5 rings (SSSR count). The first-order valence-electron chi connectivity index (χ1n) is 20.0. The molecule has 0 bridgehead atoms. The third kappa shape index (κ3) is 15.7. The second-order valence-corrected chi connectivity index (χ2v) is 15.8. The number of benzene rings is 5. The molecule has 0 radical (unpaired) electrons. The SMILES string of the molecule is C=CC(=O)OCCCSc1ccc(C#Cc2ccc(OCc3ccc(COc4ccc(C#Cc5ccc(SCCCOC(=O)C=C)cc5)cc4C(=O)OC)cc3)c(C(=O)OC)c2)cc1. The molecule has 5 aromatic rings. The lowest BCUT2D eigenvalue weighted by Crippen LogP contribution is -2.07. The molecule has 10 nitrogen and oxygen atoms in total. The monoisotopic (exact) mass is 894 g/mol. The summed E-state index contributed by atoms with van der Waals surface area (Å²) >= 11 is 3.32. The molecule has 0 spiro atoms. The molecule has 0 amide bonds. The summed E-state index contributed by atoms with van der Waals surface area (Å²) in [6.07, 6.45) is 3.77. The van der Waals surface area contributed by atoms with E-state index < -0.39 is 23.9 Å². The maximum absolute atomic E-state index is 12.7. The van der Waals surface area contributed by atoms with Crippen LogP contribution in [0.3, 0.4) is 0 Å². The van der Waals surface area contributed by atoms with Crippen LogP contribution in [0.1, 0.15) is 66.9 Å². The van der Waals surface area contributed by atoms with Crippen LogP contribution in [0.15, 0.2) is 144 Å². The molecule has 0 heterocycles. The number of carbonyl (C=O) groups is 4. The van der Waals surface area contributed by atoms with Crippen molar-refractivity contribution in [3.63, 3.8) is 0 Å². The Kier molecular flexibility index (Phi) is 19.3. The maximum Gasteiger partial charge on any atom is 0.341 e. The first-order chi connectivity index (χ1) is 31.2. The average Bonchev–Trinajstić information content (AvgIpc) is 3.34. The van der Waals surface area contributed by atoms with Crippen LogP contribution in [-0.2, 0) is 41.8 Å². The summed E-state index contributed by atoms with van der Waals surface area (Å²) in [5.74, 6) is 12.9. The van der Waals surface area contributed by atoms with Gasteiger partial charge in [0.1, 0.15) is 35.8 Å². The molecule has 5 aromatic carbocycles. The molecule has 0 aliphatic rings. The number of methoxy groups -OCH3 is 2. The highest BCUT2D eigenvalue weighted by Gasteiger charge is 2.16. The quantitative estimate of drug-likeness (QED) is 0.0185. The van der Waals surface area contributed by atoms with Crippen molar-refractivity contribution in [3.05, 3.63) is 179 Å². The van der Waals surface area contributed by atoms with Gasteiger partial charge >= 0.3 is 23.9 Å². The van der Waals surface area contributed by atoms with Crippen molar-refractivity contribution < 1.29 is 47.6 Å². The van der Waals surface area contributed by atoms with Crippen molar-refractivity contribution in [1.29, 1.82) is 0 Å². The number of ether oxygens (including phenoxy) is 6. The third-order valence-corrected chi connectivity index (χ3v) is 11.1. The largest absolute Gasteiger partial charge is 0.488 e. The third-order valence-electron chi connectivity index (χ3n) is 8.93. The predicted octanol–water partition coefficient (Wildman–Crippen LogP) is 9.64. The van der Waals surface area contributed by atoms with Crippen LogP contribution >= 0.6 is 23.5 Å². The van der Waals surface area contributed by atoms with Crippen molar-refractivity contribution in [2.45, 2.75) is 35.8 Å². The lowest BCUT2D eigenvalue weighted by atomic mass is 10.1. The van der Waals surface area contributed by atoms with E-state index in [1.54, 1.807) is 59.9 Å². The fourth-order valence-electron chi connectivity index (χ4n) is 5.58. The fourth-order valence-corrected chi connectivity index (χ4v) is 7.23. The van der Waals surface area contributed by atoms with Crippen LogP contribution in [0, 0.1) is 23.7 Å². The Hall–Kier alpha value is -7.12. The van der Waals surface area contributed by atoms with Crippen LogP contribution in [0.5, 0.6) is 11.5 Å². The van der Waals surface area contributed by atoms with Gasteiger partial charge in [-0.25, -0.2) is 19.2 Å². The van der Waals surface area contributed by atoms with Crippen molar-refractivity contribution in [2.75, 3.05) is 38.9 Å². The first kappa shape index (κ1) is 47.9. The molecular weight excluding hydrogens is 849 g/mol. The molecule has 12 heteroatoms. The Morgan fingerprint density at radius 2 is 0.875 bits per heavy atom. The van der Waals surface area contributed by atoms with E-state index in [0.29, 0.717) is 35.8 Å². The van der Waals surface area contributed by atoms with Crippen molar-refractivity contribution in [3.8, 4) is 35.2 Å². The van der Waals surface area contributed by atoms with Crippen molar-refractivity contribution in [1.82, 2.24) is 0 Å². The van der Waals surface area contributed by atoms with Gasteiger partial charge in [-0.3, -0.25) is 0 Å². The van der Waals surface area contributed by atoms with Crippen LogP contribution < -0.4 is 9.47 Å². The van der Waals surface area contributed by atoms with E-state index >= 15 is 0 Å². The molecule has 0 saturated heterocycles. The van der Waals surface area contributed by atoms with Gasteiger partial charge in [-0.2, -0.15) is 0 Å². The van der Waals surface area contributed by atoms with E-state index in [1.807, 2.05) is 72.8 Å². The highest BCUT2D eigenvalue weighted by molar-refractivity contribution is 7.99. The summed E-state index contributed by atoms with van der Waals surface area (Å²) in [7, 11) is 2.63. The van der Waals surface area contributed by atoms with E-state index in [0.717, 1.165) is 68.5 Å². The summed E-state index contributed by atoms with van der Waals surface area (Å²) in [5.41, 5.74) is 5.11. The van der Waals surface area contributed by atoms with Crippen LogP contribution in [0.4, 0.5) is 0 Å². The zero-order valence-electron chi connectivity index (χ0n) is 35.5. The minimum absolute atomic E-state index is 0.190. The maximum atomic E-state index is 12.7. The molecule has 326 valence electrons. The van der Waals surface area contributed by atoms with E-state index in [4.69, 9.17) is 28.4 Å². The molecule has 0 aliphatic carbocycles. The zero-order valence-corrected chi connectivity index (χ0v) is 37.2. The predicted molar refractivity (Wildman–Crippen MR) is 249 cm³/mol. The Balaban J connectivity index is 1.13.